The lowest BCUT2D eigenvalue weighted by Crippen LogP contribution is -2.00. The van der Waals surface area contributed by atoms with Crippen molar-refractivity contribution in [3.63, 3.8) is 0 Å². The predicted molar refractivity (Wildman–Crippen MR) is 93.4 cm³/mol. The molecule has 0 aliphatic rings. The lowest BCUT2D eigenvalue weighted by molar-refractivity contribution is -0.384. The van der Waals surface area contributed by atoms with E-state index in [0.29, 0.717) is 21.2 Å². The van der Waals surface area contributed by atoms with Crippen molar-refractivity contribution in [2.24, 2.45) is 0 Å². The van der Waals surface area contributed by atoms with Crippen LogP contribution >= 0.6 is 23.2 Å². The summed E-state index contributed by atoms with van der Waals surface area (Å²) in [5, 5.41) is 22.2. The van der Waals surface area contributed by atoms with Gasteiger partial charge in [0, 0.05) is 35.7 Å². The fourth-order valence-corrected chi connectivity index (χ4v) is 2.77. The van der Waals surface area contributed by atoms with Gasteiger partial charge < -0.3 is 10.1 Å². The number of nitrogens with zero attached hydrogens (tertiary/aromatic N) is 1. The molecule has 122 valence electrons. The van der Waals surface area contributed by atoms with E-state index in [0.717, 1.165) is 11.1 Å². The standard InChI is InChI=1S/C17H12Cl2N2O3/c18-15-6-3-11(7-16(15)19)13-8-20-9-14(13)17(22)10-1-4-12(5-2-10)21(23)24/h1-9,17,20,22H. The van der Waals surface area contributed by atoms with Crippen LogP contribution in [-0.2, 0) is 0 Å². The van der Waals surface area contributed by atoms with Crippen molar-refractivity contribution in [3.8, 4) is 11.1 Å². The molecule has 7 heteroatoms. The number of benzene rings is 2. The molecule has 0 bridgehead atoms. The molecule has 0 saturated carbocycles. The van der Waals surface area contributed by atoms with Gasteiger partial charge in [0.1, 0.15) is 6.10 Å². The quantitative estimate of drug-likeness (QED) is 0.507. The Morgan fingerprint density at radius 2 is 1.75 bits per heavy atom. The summed E-state index contributed by atoms with van der Waals surface area (Å²) in [4.78, 5) is 13.2. The minimum Gasteiger partial charge on any atom is -0.384 e. The first-order valence-electron chi connectivity index (χ1n) is 7.02. The maximum Gasteiger partial charge on any atom is 0.269 e. The average molecular weight is 363 g/mol. The average Bonchev–Trinajstić information content (AvgIpc) is 3.06. The number of aliphatic hydroxyl groups is 1. The van der Waals surface area contributed by atoms with Crippen LogP contribution in [0.25, 0.3) is 11.1 Å². The third-order valence-electron chi connectivity index (χ3n) is 3.72. The van der Waals surface area contributed by atoms with E-state index in [1.54, 1.807) is 24.5 Å². The summed E-state index contributed by atoms with van der Waals surface area (Å²) in [7, 11) is 0. The third-order valence-corrected chi connectivity index (χ3v) is 4.46. The fraction of sp³-hybridized carbons (Fsp3) is 0.0588. The molecule has 3 aromatic rings. The predicted octanol–water partition coefficient (Wildman–Crippen LogP) is 4.98. The van der Waals surface area contributed by atoms with E-state index in [1.165, 1.54) is 24.3 Å². The third kappa shape index (κ3) is 3.14. The van der Waals surface area contributed by atoms with Crippen molar-refractivity contribution >= 4 is 28.9 Å². The van der Waals surface area contributed by atoms with E-state index in [2.05, 4.69) is 4.98 Å². The number of hydrogen-bond acceptors (Lipinski definition) is 3. The summed E-state index contributed by atoms with van der Waals surface area (Å²) >= 11 is 12.0. The van der Waals surface area contributed by atoms with Gasteiger partial charge in [-0.05, 0) is 35.4 Å². The number of aromatic amines is 1. The molecule has 2 N–H and O–H groups in total. The minimum atomic E-state index is -0.929. The highest BCUT2D eigenvalue weighted by molar-refractivity contribution is 6.42. The highest BCUT2D eigenvalue weighted by Gasteiger charge is 2.18. The van der Waals surface area contributed by atoms with Gasteiger partial charge in [0.15, 0.2) is 0 Å². The summed E-state index contributed by atoms with van der Waals surface area (Å²) < 4.78 is 0. The van der Waals surface area contributed by atoms with E-state index in [9.17, 15) is 15.2 Å². The molecular formula is C17H12Cl2N2O3. The van der Waals surface area contributed by atoms with Gasteiger partial charge in [-0.15, -0.1) is 0 Å². The lowest BCUT2D eigenvalue weighted by atomic mass is 9.96. The number of aromatic nitrogens is 1. The van der Waals surface area contributed by atoms with Crippen LogP contribution in [0, 0.1) is 10.1 Å². The maximum atomic E-state index is 10.7. The van der Waals surface area contributed by atoms with Crippen molar-refractivity contribution in [1.82, 2.24) is 4.98 Å². The molecule has 24 heavy (non-hydrogen) atoms. The van der Waals surface area contributed by atoms with Crippen molar-refractivity contribution in [2.45, 2.75) is 6.10 Å². The number of nitro benzene ring substituents is 1. The second kappa shape index (κ2) is 6.65. The zero-order valence-electron chi connectivity index (χ0n) is 12.2. The van der Waals surface area contributed by atoms with Crippen molar-refractivity contribution in [3.05, 3.63) is 86.1 Å². The lowest BCUT2D eigenvalue weighted by Gasteiger charge is -2.13. The Labute approximate surface area is 147 Å². The van der Waals surface area contributed by atoms with Gasteiger partial charge in [0.25, 0.3) is 5.69 Å². The molecule has 2 aromatic carbocycles. The normalized spacial score (nSPS) is 12.1. The fourth-order valence-electron chi connectivity index (χ4n) is 2.47. The Morgan fingerprint density at radius 3 is 2.38 bits per heavy atom. The molecule has 1 aromatic heterocycles. The largest absolute Gasteiger partial charge is 0.384 e. The molecule has 0 aliphatic carbocycles. The monoisotopic (exact) mass is 362 g/mol. The van der Waals surface area contributed by atoms with Crippen LogP contribution < -0.4 is 0 Å². The highest BCUT2D eigenvalue weighted by Crippen LogP contribution is 2.35. The van der Waals surface area contributed by atoms with E-state index in [1.807, 2.05) is 6.07 Å². The number of non-ortho nitro benzene ring substituents is 1. The highest BCUT2D eigenvalue weighted by atomic mass is 35.5. The topological polar surface area (TPSA) is 79.2 Å². The first kappa shape index (κ1) is 16.5. The smallest absolute Gasteiger partial charge is 0.269 e. The van der Waals surface area contributed by atoms with Gasteiger partial charge in [0.2, 0.25) is 0 Å². The van der Waals surface area contributed by atoms with E-state index in [-0.39, 0.29) is 5.69 Å². The van der Waals surface area contributed by atoms with Gasteiger partial charge >= 0.3 is 0 Å². The van der Waals surface area contributed by atoms with Crippen LogP contribution in [0.4, 0.5) is 5.69 Å². The van der Waals surface area contributed by atoms with Gasteiger partial charge in [-0.2, -0.15) is 0 Å². The van der Waals surface area contributed by atoms with E-state index < -0.39 is 11.0 Å². The van der Waals surface area contributed by atoms with Crippen LogP contribution in [0.5, 0.6) is 0 Å². The summed E-state index contributed by atoms with van der Waals surface area (Å²) in [6.45, 7) is 0. The number of hydrogen-bond donors (Lipinski definition) is 2. The summed E-state index contributed by atoms with van der Waals surface area (Å²) in [5.74, 6) is 0. The molecule has 0 aliphatic heterocycles. The van der Waals surface area contributed by atoms with Crippen molar-refractivity contribution in [2.75, 3.05) is 0 Å². The van der Waals surface area contributed by atoms with Crippen LogP contribution in [0.15, 0.2) is 54.9 Å². The minimum absolute atomic E-state index is 0.0234. The van der Waals surface area contributed by atoms with E-state index in [4.69, 9.17) is 23.2 Å². The Morgan fingerprint density at radius 1 is 1.04 bits per heavy atom. The molecule has 1 atom stereocenters. The van der Waals surface area contributed by atoms with Gasteiger partial charge in [-0.1, -0.05) is 29.3 Å². The number of rotatable bonds is 4. The number of nitro groups is 1. The molecule has 0 fully saturated rings. The van der Waals surface area contributed by atoms with Crippen LogP contribution in [0.2, 0.25) is 10.0 Å². The summed E-state index contributed by atoms with van der Waals surface area (Å²) in [6, 6.07) is 11.0. The molecule has 0 saturated heterocycles. The second-order valence-electron chi connectivity index (χ2n) is 5.20. The second-order valence-corrected chi connectivity index (χ2v) is 6.02. The van der Waals surface area contributed by atoms with Gasteiger partial charge in [0.05, 0.1) is 15.0 Å². The van der Waals surface area contributed by atoms with Gasteiger partial charge in [-0.25, -0.2) is 0 Å². The SMILES string of the molecule is O=[N+]([O-])c1ccc(C(O)c2c[nH]cc2-c2ccc(Cl)c(Cl)c2)cc1. The molecule has 3 rings (SSSR count). The Kier molecular flexibility index (Phi) is 4.57. The molecular weight excluding hydrogens is 351 g/mol. The number of nitrogens with one attached hydrogen (secondary N) is 1. The van der Waals surface area contributed by atoms with Crippen molar-refractivity contribution in [1.29, 1.82) is 0 Å². The molecule has 0 radical (unpaired) electrons. The Hall–Kier alpha value is -2.34. The van der Waals surface area contributed by atoms with E-state index >= 15 is 0 Å². The summed E-state index contributed by atoms with van der Waals surface area (Å²) in [5.41, 5.74) is 2.76. The number of H-pyrrole nitrogens is 1. The molecule has 1 unspecified atom stereocenters. The van der Waals surface area contributed by atoms with Crippen LogP contribution in [0.3, 0.4) is 0 Å². The molecule has 1 heterocycles. The van der Waals surface area contributed by atoms with Crippen molar-refractivity contribution < 1.29 is 10.0 Å². The Bertz CT molecular complexity index is 891. The Balaban J connectivity index is 1.96. The first-order valence-corrected chi connectivity index (χ1v) is 7.77. The molecule has 0 amide bonds. The zero-order valence-corrected chi connectivity index (χ0v) is 13.8. The van der Waals surface area contributed by atoms with Crippen LogP contribution in [-0.4, -0.2) is 15.0 Å². The molecule has 5 nitrogen and oxygen atoms in total. The first-order chi connectivity index (χ1) is 11.5. The number of halogens is 2. The maximum absolute atomic E-state index is 10.7. The zero-order chi connectivity index (χ0) is 17.3. The van der Waals surface area contributed by atoms with Crippen LogP contribution in [0.1, 0.15) is 17.2 Å². The van der Waals surface area contributed by atoms with Gasteiger partial charge in [-0.3, -0.25) is 10.1 Å². The number of aliphatic hydroxyl groups excluding tert-OH is 1. The molecule has 0 spiro atoms. The summed E-state index contributed by atoms with van der Waals surface area (Å²) in [6.07, 6.45) is 2.51.